The van der Waals surface area contributed by atoms with Crippen LogP contribution in [0, 0.1) is 5.92 Å². The van der Waals surface area contributed by atoms with E-state index < -0.39 is 36.5 Å². The van der Waals surface area contributed by atoms with E-state index >= 15 is 0 Å². The molecule has 3 N–H and O–H groups in total. The molecule has 0 spiro atoms. The number of carbonyl (C=O) groups excluding carboxylic acids is 1. The summed E-state index contributed by atoms with van der Waals surface area (Å²) in [6.45, 7) is 6.33. The highest BCUT2D eigenvalue weighted by Crippen LogP contribution is 2.26. The lowest BCUT2D eigenvalue weighted by Crippen LogP contribution is -2.55. The molecule has 0 bridgehead atoms. The first-order chi connectivity index (χ1) is 9.38. The van der Waals surface area contributed by atoms with Crippen molar-refractivity contribution in [3.05, 3.63) is 12.2 Å². The fraction of sp³-hybridized carbons (Fsp3) is 0.769. The van der Waals surface area contributed by atoms with Gasteiger partial charge in [0.25, 0.3) is 0 Å². The average Bonchev–Trinajstić information content (AvgIpc) is 2.42. The summed E-state index contributed by atoms with van der Waals surface area (Å²) in [7, 11) is 0. The zero-order chi connectivity index (χ0) is 15.3. The molecule has 116 valence electrons. The minimum absolute atomic E-state index is 0.00000378. The Bertz CT molecular complexity index is 342. The zero-order valence-corrected chi connectivity index (χ0v) is 11.7. The third-order valence-electron chi connectivity index (χ3n) is 3.19. The highest BCUT2D eigenvalue weighted by atomic mass is 16.7. The van der Waals surface area contributed by atoms with Gasteiger partial charge in [-0.25, -0.2) is 4.79 Å². The molecule has 20 heavy (non-hydrogen) atoms. The van der Waals surface area contributed by atoms with Crippen LogP contribution in [0.25, 0.3) is 0 Å². The van der Waals surface area contributed by atoms with Gasteiger partial charge in [0.2, 0.25) is 0 Å². The van der Waals surface area contributed by atoms with Crippen molar-refractivity contribution in [3.8, 4) is 0 Å². The topological polar surface area (TPSA) is 105 Å². The predicted octanol–water partition coefficient (Wildman–Crippen LogP) is -0.803. The van der Waals surface area contributed by atoms with E-state index in [1.807, 2.05) is 0 Å². The Hall–Kier alpha value is -0.990. The van der Waals surface area contributed by atoms with Crippen LogP contribution in [-0.2, 0) is 19.0 Å². The molecule has 0 aromatic rings. The quantitative estimate of drug-likeness (QED) is 0.334. The summed E-state index contributed by atoms with van der Waals surface area (Å²) in [5, 5.41) is 28.8. The number of aliphatic hydroxyl groups is 3. The molecule has 1 saturated heterocycles. The molecule has 1 aliphatic rings. The van der Waals surface area contributed by atoms with E-state index in [4.69, 9.17) is 19.3 Å². The van der Waals surface area contributed by atoms with Crippen LogP contribution < -0.4 is 0 Å². The molecule has 0 radical (unpaired) electrons. The monoisotopic (exact) mass is 290 g/mol. The van der Waals surface area contributed by atoms with Gasteiger partial charge in [-0.05, 0) is 6.92 Å². The summed E-state index contributed by atoms with van der Waals surface area (Å²) in [6.07, 6.45) is -3.95. The maximum Gasteiger partial charge on any atom is 0.333 e. The van der Waals surface area contributed by atoms with Crippen LogP contribution in [-0.4, -0.2) is 65.7 Å². The number of esters is 1. The van der Waals surface area contributed by atoms with Crippen molar-refractivity contribution in [3.63, 3.8) is 0 Å². The maximum atomic E-state index is 11.1. The molecule has 0 saturated carbocycles. The van der Waals surface area contributed by atoms with Gasteiger partial charge in [0, 0.05) is 11.5 Å². The molecule has 7 heteroatoms. The van der Waals surface area contributed by atoms with Gasteiger partial charge in [0.1, 0.15) is 12.7 Å². The third kappa shape index (κ3) is 4.26. The second-order valence-electron chi connectivity index (χ2n) is 4.85. The van der Waals surface area contributed by atoms with Crippen LogP contribution in [0.1, 0.15) is 13.8 Å². The second kappa shape index (κ2) is 7.70. The predicted molar refractivity (Wildman–Crippen MR) is 68.6 cm³/mol. The van der Waals surface area contributed by atoms with Gasteiger partial charge in [-0.1, -0.05) is 13.5 Å². The van der Waals surface area contributed by atoms with E-state index in [1.54, 1.807) is 6.92 Å². The van der Waals surface area contributed by atoms with Crippen LogP contribution in [0.15, 0.2) is 12.2 Å². The lowest BCUT2D eigenvalue weighted by atomic mass is 9.91. The molecule has 0 aliphatic carbocycles. The lowest BCUT2D eigenvalue weighted by Gasteiger charge is -2.40. The van der Waals surface area contributed by atoms with Crippen molar-refractivity contribution in [2.45, 2.75) is 38.4 Å². The van der Waals surface area contributed by atoms with Crippen LogP contribution in [0.3, 0.4) is 0 Å². The molecule has 5 unspecified atom stereocenters. The standard InChI is InChI=1S/C13H22O7/c1-7(2)12(17)18-4-5-19-13-11(16)10(15)8(3)9(6-14)20-13/h8-11,13-16H,1,4-6H2,2-3H3. The summed E-state index contributed by atoms with van der Waals surface area (Å²) < 4.78 is 15.4. The van der Waals surface area contributed by atoms with Crippen molar-refractivity contribution < 1.29 is 34.3 Å². The van der Waals surface area contributed by atoms with Crippen molar-refractivity contribution in [2.24, 2.45) is 5.92 Å². The Morgan fingerprint density at radius 3 is 2.50 bits per heavy atom. The number of hydrogen-bond acceptors (Lipinski definition) is 7. The van der Waals surface area contributed by atoms with E-state index in [2.05, 4.69) is 6.58 Å². The van der Waals surface area contributed by atoms with Gasteiger partial charge in [-0.15, -0.1) is 0 Å². The summed E-state index contributed by atoms with van der Waals surface area (Å²) in [4.78, 5) is 11.1. The third-order valence-corrected chi connectivity index (χ3v) is 3.19. The van der Waals surface area contributed by atoms with E-state index in [9.17, 15) is 15.0 Å². The van der Waals surface area contributed by atoms with Crippen LogP contribution in [0.2, 0.25) is 0 Å². The molecule has 0 aromatic heterocycles. The number of rotatable bonds is 6. The molecule has 1 fully saturated rings. The van der Waals surface area contributed by atoms with E-state index in [1.165, 1.54) is 6.92 Å². The number of hydrogen-bond donors (Lipinski definition) is 3. The van der Waals surface area contributed by atoms with Gasteiger partial charge >= 0.3 is 5.97 Å². The summed E-state index contributed by atoms with van der Waals surface area (Å²) in [5.74, 6) is -0.934. The SMILES string of the molecule is C=C(C)C(=O)OCCOC1OC(CO)C(C)C(O)C1O. The highest BCUT2D eigenvalue weighted by molar-refractivity contribution is 5.86. The molecule has 1 heterocycles. The van der Waals surface area contributed by atoms with Gasteiger partial charge in [0.05, 0.1) is 25.4 Å². The zero-order valence-electron chi connectivity index (χ0n) is 11.7. The average molecular weight is 290 g/mol. The Balaban J connectivity index is 2.39. The first-order valence-corrected chi connectivity index (χ1v) is 6.45. The second-order valence-corrected chi connectivity index (χ2v) is 4.85. The lowest BCUT2D eigenvalue weighted by molar-refractivity contribution is -0.289. The van der Waals surface area contributed by atoms with Gasteiger partial charge in [-0.3, -0.25) is 0 Å². The van der Waals surface area contributed by atoms with Gasteiger partial charge < -0.3 is 29.5 Å². The van der Waals surface area contributed by atoms with Crippen molar-refractivity contribution in [2.75, 3.05) is 19.8 Å². The fourth-order valence-corrected chi connectivity index (χ4v) is 1.84. The molecule has 5 atom stereocenters. The molecule has 7 nitrogen and oxygen atoms in total. The van der Waals surface area contributed by atoms with E-state index in [-0.39, 0.29) is 25.4 Å². The Morgan fingerprint density at radius 1 is 1.30 bits per heavy atom. The van der Waals surface area contributed by atoms with Crippen LogP contribution in [0.5, 0.6) is 0 Å². The Labute approximate surface area is 117 Å². The first-order valence-electron chi connectivity index (χ1n) is 6.45. The van der Waals surface area contributed by atoms with Crippen molar-refractivity contribution >= 4 is 5.97 Å². The molecular weight excluding hydrogens is 268 g/mol. The summed E-state index contributed by atoms with van der Waals surface area (Å²) in [6, 6.07) is 0. The molecule has 1 rings (SSSR count). The summed E-state index contributed by atoms with van der Waals surface area (Å²) >= 11 is 0. The van der Waals surface area contributed by atoms with E-state index in [0.717, 1.165) is 0 Å². The minimum Gasteiger partial charge on any atom is -0.460 e. The first kappa shape index (κ1) is 17.1. The molecule has 0 amide bonds. The maximum absolute atomic E-state index is 11.1. The Morgan fingerprint density at radius 2 is 1.95 bits per heavy atom. The molecule has 0 aromatic carbocycles. The highest BCUT2D eigenvalue weighted by Gasteiger charge is 2.42. The normalized spacial score (nSPS) is 33.8. The smallest absolute Gasteiger partial charge is 0.333 e. The van der Waals surface area contributed by atoms with E-state index in [0.29, 0.717) is 0 Å². The molecular formula is C13H22O7. The number of ether oxygens (including phenoxy) is 3. The van der Waals surface area contributed by atoms with Crippen molar-refractivity contribution in [1.29, 1.82) is 0 Å². The van der Waals surface area contributed by atoms with Crippen LogP contribution >= 0.6 is 0 Å². The van der Waals surface area contributed by atoms with Gasteiger partial charge in [-0.2, -0.15) is 0 Å². The fourth-order valence-electron chi connectivity index (χ4n) is 1.84. The van der Waals surface area contributed by atoms with Crippen LogP contribution in [0.4, 0.5) is 0 Å². The Kier molecular flexibility index (Phi) is 6.57. The van der Waals surface area contributed by atoms with Gasteiger partial charge in [0.15, 0.2) is 6.29 Å². The largest absolute Gasteiger partial charge is 0.460 e. The number of aliphatic hydroxyl groups excluding tert-OH is 3. The minimum atomic E-state index is -1.22. The van der Waals surface area contributed by atoms with Crippen molar-refractivity contribution in [1.82, 2.24) is 0 Å². The summed E-state index contributed by atoms with van der Waals surface area (Å²) in [5.41, 5.74) is 0.281. The molecule has 1 aliphatic heterocycles. The number of carbonyl (C=O) groups is 1.